The van der Waals surface area contributed by atoms with E-state index >= 15 is 0 Å². The summed E-state index contributed by atoms with van der Waals surface area (Å²) in [5.41, 5.74) is 0. The highest BCUT2D eigenvalue weighted by Gasteiger charge is 2.21. The van der Waals surface area contributed by atoms with Crippen LogP contribution >= 0.6 is 0 Å². The Morgan fingerprint density at radius 1 is 0.880 bits per heavy atom. The second-order valence-corrected chi connectivity index (χ2v) is 7.02. The number of rotatable bonds is 16. The molecule has 0 spiro atoms. The fraction of sp³-hybridized carbons (Fsp3) is 0.900. The van der Waals surface area contributed by atoms with Crippen LogP contribution in [0.25, 0.3) is 0 Å². The SMILES string of the molecule is CCCCC(CC)CN(CC(CC)CCCC)C(=O)COCC(=O)O. The summed E-state index contributed by atoms with van der Waals surface area (Å²) in [5.74, 6) is -0.103. The van der Waals surface area contributed by atoms with E-state index in [1.165, 1.54) is 25.7 Å². The van der Waals surface area contributed by atoms with Gasteiger partial charge in [-0.1, -0.05) is 66.2 Å². The molecule has 2 atom stereocenters. The monoisotopic (exact) mass is 357 g/mol. The summed E-state index contributed by atoms with van der Waals surface area (Å²) in [4.78, 5) is 25.1. The molecule has 2 unspecified atom stereocenters. The van der Waals surface area contributed by atoms with Gasteiger partial charge >= 0.3 is 5.97 Å². The maximum Gasteiger partial charge on any atom is 0.329 e. The molecule has 25 heavy (non-hydrogen) atoms. The van der Waals surface area contributed by atoms with Crippen LogP contribution in [0.15, 0.2) is 0 Å². The van der Waals surface area contributed by atoms with Crippen molar-refractivity contribution < 1.29 is 19.4 Å². The lowest BCUT2D eigenvalue weighted by Gasteiger charge is -2.30. The van der Waals surface area contributed by atoms with Crippen molar-refractivity contribution in [1.82, 2.24) is 4.90 Å². The molecule has 0 aromatic heterocycles. The standard InChI is InChI=1S/C20H39NO4/c1-5-9-11-17(7-3)13-21(14-18(8-4)12-10-6-2)19(22)15-25-16-20(23)24/h17-18H,5-16H2,1-4H3,(H,23,24). The number of carbonyl (C=O) groups is 2. The summed E-state index contributed by atoms with van der Waals surface area (Å²) >= 11 is 0. The molecule has 0 radical (unpaired) electrons. The normalized spacial score (nSPS) is 13.4. The van der Waals surface area contributed by atoms with Crippen LogP contribution in [0.2, 0.25) is 0 Å². The highest BCUT2D eigenvalue weighted by Crippen LogP contribution is 2.19. The maximum absolute atomic E-state index is 12.6. The smallest absolute Gasteiger partial charge is 0.329 e. The fourth-order valence-corrected chi connectivity index (χ4v) is 3.05. The van der Waals surface area contributed by atoms with Gasteiger partial charge in [0.25, 0.3) is 0 Å². The molecule has 0 saturated carbocycles. The molecule has 0 bridgehead atoms. The first-order chi connectivity index (χ1) is 12.0. The molecule has 0 aromatic carbocycles. The Bertz CT molecular complexity index is 342. The number of ether oxygens (including phenoxy) is 1. The van der Waals surface area contributed by atoms with Crippen LogP contribution in [0.3, 0.4) is 0 Å². The average Bonchev–Trinajstić information content (AvgIpc) is 2.59. The first-order valence-corrected chi connectivity index (χ1v) is 10.1. The number of unbranched alkanes of at least 4 members (excludes halogenated alkanes) is 2. The highest BCUT2D eigenvalue weighted by molar-refractivity contribution is 5.78. The number of hydrogen-bond acceptors (Lipinski definition) is 3. The minimum absolute atomic E-state index is 0.0776. The molecule has 148 valence electrons. The topological polar surface area (TPSA) is 66.8 Å². The average molecular weight is 358 g/mol. The van der Waals surface area contributed by atoms with Gasteiger partial charge in [-0.15, -0.1) is 0 Å². The van der Waals surface area contributed by atoms with Crippen LogP contribution in [0.1, 0.15) is 79.1 Å². The number of aliphatic carboxylic acids is 1. The molecular weight excluding hydrogens is 318 g/mol. The van der Waals surface area contributed by atoms with Gasteiger partial charge in [0.15, 0.2) is 0 Å². The second-order valence-electron chi connectivity index (χ2n) is 7.02. The molecule has 1 N–H and O–H groups in total. The molecule has 0 rings (SSSR count). The molecule has 0 aromatic rings. The van der Waals surface area contributed by atoms with Gasteiger partial charge in [-0.3, -0.25) is 4.79 Å². The third-order valence-electron chi connectivity index (χ3n) is 4.85. The minimum Gasteiger partial charge on any atom is -0.480 e. The summed E-state index contributed by atoms with van der Waals surface area (Å²) in [6.07, 6.45) is 9.10. The maximum atomic E-state index is 12.6. The van der Waals surface area contributed by atoms with Crippen LogP contribution in [0.4, 0.5) is 0 Å². The molecule has 5 nitrogen and oxygen atoms in total. The van der Waals surface area contributed by atoms with Crippen molar-refractivity contribution in [3.63, 3.8) is 0 Å². The molecular formula is C20H39NO4. The first kappa shape index (κ1) is 23.9. The van der Waals surface area contributed by atoms with Crippen LogP contribution in [-0.4, -0.2) is 48.2 Å². The van der Waals surface area contributed by atoms with Crippen LogP contribution < -0.4 is 0 Å². The Hall–Kier alpha value is -1.10. The highest BCUT2D eigenvalue weighted by atomic mass is 16.5. The second kappa shape index (κ2) is 15.2. The quantitative estimate of drug-likeness (QED) is 0.446. The van der Waals surface area contributed by atoms with Crippen molar-refractivity contribution in [2.24, 2.45) is 11.8 Å². The number of carbonyl (C=O) groups excluding carboxylic acids is 1. The Morgan fingerprint density at radius 2 is 1.36 bits per heavy atom. The molecule has 0 aliphatic rings. The third-order valence-corrected chi connectivity index (χ3v) is 4.85. The van der Waals surface area contributed by atoms with Crippen molar-refractivity contribution in [1.29, 1.82) is 0 Å². The van der Waals surface area contributed by atoms with Gasteiger partial charge in [0.05, 0.1) is 0 Å². The van der Waals surface area contributed by atoms with Crippen molar-refractivity contribution in [2.45, 2.75) is 79.1 Å². The summed E-state index contributed by atoms with van der Waals surface area (Å²) in [6, 6.07) is 0. The van der Waals surface area contributed by atoms with Gasteiger partial charge in [-0.2, -0.15) is 0 Å². The lowest BCUT2D eigenvalue weighted by Crippen LogP contribution is -2.41. The zero-order valence-electron chi connectivity index (χ0n) is 16.8. The number of amides is 1. The molecule has 0 saturated heterocycles. The molecule has 0 fully saturated rings. The van der Waals surface area contributed by atoms with Crippen LogP contribution in [-0.2, 0) is 14.3 Å². The molecule has 0 aliphatic carbocycles. The van der Waals surface area contributed by atoms with Crippen molar-refractivity contribution in [3.05, 3.63) is 0 Å². The fourth-order valence-electron chi connectivity index (χ4n) is 3.05. The predicted molar refractivity (Wildman–Crippen MR) is 102 cm³/mol. The Kier molecular flexibility index (Phi) is 14.5. The Balaban J connectivity index is 4.81. The van der Waals surface area contributed by atoms with Gasteiger partial charge in [-0.25, -0.2) is 4.79 Å². The minimum atomic E-state index is -1.04. The number of hydrogen-bond donors (Lipinski definition) is 1. The van der Waals surface area contributed by atoms with Gasteiger partial charge in [0.2, 0.25) is 5.91 Å². The molecule has 5 heteroatoms. The van der Waals surface area contributed by atoms with Gasteiger partial charge < -0.3 is 14.7 Å². The third kappa shape index (κ3) is 12.0. The molecule has 0 aliphatic heterocycles. The van der Waals surface area contributed by atoms with E-state index in [1.807, 2.05) is 4.90 Å². The van der Waals surface area contributed by atoms with E-state index in [0.717, 1.165) is 38.8 Å². The lowest BCUT2D eigenvalue weighted by atomic mass is 9.95. The van der Waals surface area contributed by atoms with E-state index in [2.05, 4.69) is 27.7 Å². The first-order valence-electron chi connectivity index (χ1n) is 10.1. The summed E-state index contributed by atoms with van der Waals surface area (Å²) in [7, 11) is 0. The van der Waals surface area contributed by atoms with Gasteiger partial charge in [-0.05, 0) is 24.7 Å². The van der Waals surface area contributed by atoms with E-state index in [9.17, 15) is 9.59 Å². The number of carboxylic acids is 1. The number of nitrogens with zero attached hydrogens (tertiary/aromatic N) is 1. The van der Waals surface area contributed by atoms with Crippen LogP contribution in [0, 0.1) is 11.8 Å². The zero-order valence-corrected chi connectivity index (χ0v) is 16.8. The van der Waals surface area contributed by atoms with Crippen molar-refractivity contribution >= 4 is 11.9 Å². The van der Waals surface area contributed by atoms with Gasteiger partial charge in [0.1, 0.15) is 13.2 Å². The van der Waals surface area contributed by atoms with Crippen molar-refractivity contribution in [3.8, 4) is 0 Å². The van der Waals surface area contributed by atoms with E-state index in [0.29, 0.717) is 11.8 Å². The summed E-state index contributed by atoms with van der Waals surface area (Å²) in [5, 5.41) is 8.68. The van der Waals surface area contributed by atoms with Gasteiger partial charge in [0, 0.05) is 13.1 Å². The van der Waals surface area contributed by atoms with Crippen molar-refractivity contribution in [2.75, 3.05) is 26.3 Å². The lowest BCUT2D eigenvalue weighted by molar-refractivity contribution is -0.146. The van der Waals surface area contributed by atoms with Crippen LogP contribution in [0.5, 0.6) is 0 Å². The summed E-state index contributed by atoms with van der Waals surface area (Å²) in [6.45, 7) is 9.69. The molecule has 1 amide bonds. The Labute approximate surface area is 154 Å². The van der Waals surface area contributed by atoms with E-state index < -0.39 is 12.6 Å². The number of carboxylic acid groups (broad SMARTS) is 1. The molecule has 0 heterocycles. The zero-order chi connectivity index (χ0) is 19.1. The summed E-state index contributed by atoms with van der Waals surface area (Å²) < 4.78 is 5.04. The predicted octanol–water partition coefficient (Wildman–Crippen LogP) is 4.35. The largest absolute Gasteiger partial charge is 0.480 e. The van der Waals surface area contributed by atoms with E-state index in [4.69, 9.17) is 9.84 Å². The van der Waals surface area contributed by atoms with E-state index in [-0.39, 0.29) is 12.5 Å². The Morgan fingerprint density at radius 3 is 1.72 bits per heavy atom. The van der Waals surface area contributed by atoms with E-state index in [1.54, 1.807) is 0 Å².